The van der Waals surface area contributed by atoms with Crippen LogP contribution in [0.1, 0.15) is 20.3 Å². The Morgan fingerprint density at radius 1 is 1.47 bits per heavy atom. The molecule has 2 rings (SSSR count). The summed E-state index contributed by atoms with van der Waals surface area (Å²) in [5.74, 6) is 1.92. The van der Waals surface area contributed by atoms with Crippen LogP contribution < -0.4 is 5.32 Å². The Kier molecular flexibility index (Phi) is 3.57. The largest absolute Gasteiger partial charge is 0.361 e. The van der Waals surface area contributed by atoms with E-state index >= 15 is 0 Å². The fourth-order valence-electron chi connectivity index (χ4n) is 2.01. The van der Waals surface area contributed by atoms with Gasteiger partial charge in [-0.05, 0) is 32.9 Å². The fourth-order valence-corrected chi connectivity index (χ4v) is 3.20. The number of amidine groups is 1. The van der Waals surface area contributed by atoms with Gasteiger partial charge in [0.25, 0.3) is 0 Å². The van der Waals surface area contributed by atoms with Crippen LogP contribution in [0.4, 0.5) is 0 Å². The van der Waals surface area contributed by atoms with E-state index in [1.807, 2.05) is 11.8 Å². The lowest BCUT2D eigenvalue weighted by Crippen LogP contribution is -2.38. The summed E-state index contributed by atoms with van der Waals surface area (Å²) in [6, 6.07) is 1.09. The number of hydrogen-bond acceptors (Lipinski definition) is 4. The molecule has 0 spiro atoms. The van der Waals surface area contributed by atoms with Crippen LogP contribution in [0.25, 0.3) is 0 Å². The molecule has 3 unspecified atom stereocenters. The molecule has 1 fully saturated rings. The molecule has 4 heteroatoms. The summed E-state index contributed by atoms with van der Waals surface area (Å²) in [5.41, 5.74) is 0. The number of likely N-dealkylation sites (N-methyl/N-ethyl adjacent to an activating group) is 1. The second kappa shape index (κ2) is 4.74. The molecule has 1 N–H and O–H groups in total. The average Bonchev–Trinajstić information content (AvgIpc) is 2.58. The van der Waals surface area contributed by atoms with E-state index in [1.165, 1.54) is 23.9 Å². The van der Waals surface area contributed by atoms with Gasteiger partial charge in [0.1, 0.15) is 0 Å². The fraction of sp³-hybridized carbons (Fsp3) is 0.909. The summed E-state index contributed by atoms with van der Waals surface area (Å²) in [4.78, 5) is 7.07. The molecular weight excluding hydrogens is 206 g/mol. The van der Waals surface area contributed by atoms with E-state index < -0.39 is 0 Å². The third-order valence-corrected chi connectivity index (χ3v) is 4.54. The number of rotatable bonds is 1. The monoisotopic (exact) mass is 227 g/mol. The average molecular weight is 227 g/mol. The highest BCUT2D eigenvalue weighted by Crippen LogP contribution is 2.22. The van der Waals surface area contributed by atoms with Gasteiger partial charge in [-0.2, -0.15) is 0 Å². The summed E-state index contributed by atoms with van der Waals surface area (Å²) < 4.78 is 0. The van der Waals surface area contributed by atoms with Crippen molar-refractivity contribution in [3.63, 3.8) is 0 Å². The van der Waals surface area contributed by atoms with Crippen LogP contribution in [0.3, 0.4) is 0 Å². The molecule has 2 aliphatic heterocycles. The van der Waals surface area contributed by atoms with Crippen LogP contribution in [0, 0.1) is 5.92 Å². The lowest BCUT2D eigenvalue weighted by atomic mass is 10.1. The first-order chi connectivity index (χ1) is 7.15. The predicted octanol–water partition coefficient (Wildman–Crippen LogP) is 1.41. The van der Waals surface area contributed by atoms with Gasteiger partial charge in [-0.15, -0.1) is 0 Å². The number of aliphatic imine (C=N–C) groups is 1. The molecule has 0 amide bonds. The summed E-state index contributed by atoms with van der Waals surface area (Å²) in [6.07, 6.45) is 1.25. The zero-order valence-corrected chi connectivity index (χ0v) is 10.7. The first-order valence-corrected chi connectivity index (χ1v) is 6.79. The number of nitrogens with one attached hydrogen (secondary N) is 1. The summed E-state index contributed by atoms with van der Waals surface area (Å²) in [7, 11) is 2.18. The van der Waals surface area contributed by atoms with Gasteiger partial charge in [0.05, 0.1) is 6.04 Å². The van der Waals surface area contributed by atoms with Crippen molar-refractivity contribution in [1.29, 1.82) is 0 Å². The maximum Gasteiger partial charge on any atom is 0.157 e. The zero-order valence-electron chi connectivity index (χ0n) is 9.86. The molecule has 0 aromatic heterocycles. The van der Waals surface area contributed by atoms with Crippen molar-refractivity contribution in [2.75, 3.05) is 25.9 Å². The lowest BCUT2D eigenvalue weighted by Gasteiger charge is -2.25. The maximum absolute atomic E-state index is 4.70. The van der Waals surface area contributed by atoms with Crippen molar-refractivity contribution in [2.45, 2.75) is 32.4 Å². The van der Waals surface area contributed by atoms with Crippen molar-refractivity contribution >= 4 is 16.9 Å². The minimum atomic E-state index is 0.480. The van der Waals surface area contributed by atoms with E-state index in [0.29, 0.717) is 18.0 Å². The summed E-state index contributed by atoms with van der Waals surface area (Å²) in [5, 5.41) is 4.74. The van der Waals surface area contributed by atoms with Gasteiger partial charge >= 0.3 is 0 Å². The van der Waals surface area contributed by atoms with E-state index in [4.69, 9.17) is 4.99 Å². The van der Waals surface area contributed by atoms with Crippen LogP contribution >= 0.6 is 11.8 Å². The van der Waals surface area contributed by atoms with E-state index in [-0.39, 0.29) is 0 Å². The highest BCUT2D eigenvalue weighted by molar-refractivity contribution is 8.13. The molecule has 0 saturated carbocycles. The van der Waals surface area contributed by atoms with Gasteiger partial charge in [0.15, 0.2) is 5.17 Å². The van der Waals surface area contributed by atoms with Gasteiger partial charge < -0.3 is 10.2 Å². The SMILES string of the molecule is CC1CSC(NC2CCN(C)C2)=NC1C. The molecule has 3 atom stereocenters. The minimum absolute atomic E-state index is 0.480. The third-order valence-electron chi connectivity index (χ3n) is 3.35. The molecule has 86 valence electrons. The molecule has 2 heterocycles. The first-order valence-electron chi connectivity index (χ1n) is 5.81. The van der Waals surface area contributed by atoms with Crippen LogP contribution in [-0.4, -0.2) is 48.0 Å². The third kappa shape index (κ3) is 2.88. The summed E-state index contributed by atoms with van der Waals surface area (Å²) >= 11 is 1.88. The molecular formula is C11H21N3S. The Morgan fingerprint density at radius 3 is 2.87 bits per heavy atom. The molecule has 0 radical (unpaired) electrons. The summed E-state index contributed by atoms with van der Waals surface area (Å²) in [6.45, 7) is 6.86. The zero-order chi connectivity index (χ0) is 10.8. The maximum atomic E-state index is 4.70. The Balaban J connectivity index is 1.87. The molecule has 0 aromatic rings. The number of thioether (sulfide) groups is 1. The molecule has 15 heavy (non-hydrogen) atoms. The van der Waals surface area contributed by atoms with E-state index in [9.17, 15) is 0 Å². The van der Waals surface area contributed by atoms with E-state index in [2.05, 4.69) is 31.1 Å². The van der Waals surface area contributed by atoms with Crippen LogP contribution in [0.5, 0.6) is 0 Å². The van der Waals surface area contributed by atoms with Gasteiger partial charge in [-0.1, -0.05) is 18.7 Å². The smallest absolute Gasteiger partial charge is 0.157 e. The van der Waals surface area contributed by atoms with Gasteiger partial charge in [0.2, 0.25) is 0 Å². The standard InChI is InChI=1S/C11H21N3S/c1-8-7-15-11(12-9(8)2)13-10-4-5-14(3)6-10/h8-10H,4-7H2,1-3H3,(H,12,13). The minimum Gasteiger partial charge on any atom is -0.361 e. The lowest BCUT2D eigenvalue weighted by molar-refractivity contribution is 0.407. The van der Waals surface area contributed by atoms with Crippen molar-refractivity contribution < 1.29 is 0 Å². The van der Waals surface area contributed by atoms with Gasteiger partial charge in [-0.25, -0.2) is 0 Å². The molecule has 3 nitrogen and oxygen atoms in total. The molecule has 0 bridgehead atoms. The van der Waals surface area contributed by atoms with Crippen LogP contribution in [0.15, 0.2) is 4.99 Å². The van der Waals surface area contributed by atoms with Crippen molar-refractivity contribution in [3.05, 3.63) is 0 Å². The predicted molar refractivity (Wildman–Crippen MR) is 67.6 cm³/mol. The van der Waals surface area contributed by atoms with E-state index in [0.717, 1.165) is 6.54 Å². The normalized spacial score (nSPS) is 37.8. The number of likely N-dealkylation sites (tertiary alicyclic amines) is 1. The Hall–Kier alpha value is -0.220. The Labute approximate surface area is 96.7 Å². The Bertz CT molecular complexity index is 254. The topological polar surface area (TPSA) is 27.6 Å². The van der Waals surface area contributed by atoms with Crippen molar-refractivity contribution in [3.8, 4) is 0 Å². The van der Waals surface area contributed by atoms with Crippen LogP contribution in [0.2, 0.25) is 0 Å². The van der Waals surface area contributed by atoms with Crippen LogP contribution in [-0.2, 0) is 0 Å². The quantitative estimate of drug-likeness (QED) is 0.734. The van der Waals surface area contributed by atoms with Gasteiger partial charge in [0, 0.05) is 18.3 Å². The van der Waals surface area contributed by atoms with Gasteiger partial charge in [-0.3, -0.25) is 4.99 Å². The number of nitrogens with zero attached hydrogens (tertiary/aromatic N) is 2. The Morgan fingerprint density at radius 2 is 2.27 bits per heavy atom. The molecule has 1 saturated heterocycles. The van der Waals surface area contributed by atoms with E-state index in [1.54, 1.807) is 0 Å². The second-order valence-electron chi connectivity index (χ2n) is 4.86. The number of hydrogen-bond donors (Lipinski definition) is 1. The van der Waals surface area contributed by atoms with Crippen molar-refractivity contribution in [1.82, 2.24) is 10.2 Å². The highest BCUT2D eigenvalue weighted by Gasteiger charge is 2.24. The highest BCUT2D eigenvalue weighted by atomic mass is 32.2. The van der Waals surface area contributed by atoms with Crippen molar-refractivity contribution in [2.24, 2.45) is 10.9 Å². The molecule has 2 aliphatic rings. The first kappa shape index (κ1) is 11.3. The second-order valence-corrected chi connectivity index (χ2v) is 5.86. The molecule has 0 aromatic carbocycles. The molecule has 0 aliphatic carbocycles.